The van der Waals surface area contributed by atoms with E-state index in [1.54, 1.807) is 0 Å². The largest absolute Gasteiger partial charge is 0.395 e. The molecule has 0 spiro atoms. The van der Waals surface area contributed by atoms with Crippen molar-refractivity contribution in [1.82, 2.24) is 4.90 Å². The van der Waals surface area contributed by atoms with Crippen molar-refractivity contribution in [3.05, 3.63) is 0 Å². The molecular weight excluding hydrogens is 258 g/mol. The van der Waals surface area contributed by atoms with Gasteiger partial charge in [0.15, 0.2) is 9.84 Å². The number of carbonyl (C=O) groups is 1. The van der Waals surface area contributed by atoms with E-state index >= 15 is 0 Å². The molecule has 1 unspecified atom stereocenters. The highest BCUT2D eigenvalue weighted by Gasteiger charge is 2.34. The van der Waals surface area contributed by atoms with Gasteiger partial charge in [-0.3, -0.25) is 4.79 Å². The Morgan fingerprint density at radius 1 is 1.50 bits per heavy atom. The van der Waals surface area contributed by atoms with Gasteiger partial charge in [-0.05, 0) is 20.3 Å². The number of hydrogen-bond donors (Lipinski definition) is 1. The van der Waals surface area contributed by atoms with Gasteiger partial charge < -0.3 is 14.7 Å². The average molecular weight is 279 g/mol. The second-order valence-corrected chi connectivity index (χ2v) is 6.96. The van der Waals surface area contributed by atoms with Crippen molar-refractivity contribution in [3.8, 4) is 0 Å². The quantitative estimate of drug-likeness (QED) is 0.703. The number of aliphatic hydroxyl groups is 1. The Kier molecular flexibility index (Phi) is 5.55. The third-order valence-corrected chi connectivity index (χ3v) is 4.60. The zero-order valence-corrected chi connectivity index (χ0v) is 11.6. The molecule has 0 aliphatic carbocycles. The zero-order chi connectivity index (χ0) is 13.8. The summed E-state index contributed by atoms with van der Waals surface area (Å²) in [5.74, 6) is -0.168. The van der Waals surface area contributed by atoms with Gasteiger partial charge in [-0.2, -0.15) is 0 Å². The number of carbonyl (C=O) groups excluding carboxylic acids is 1. The summed E-state index contributed by atoms with van der Waals surface area (Å²) >= 11 is 0. The average Bonchev–Trinajstić information content (AvgIpc) is 2.63. The van der Waals surface area contributed by atoms with Crippen LogP contribution in [0.2, 0.25) is 0 Å². The second-order valence-electron chi connectivity index (χ2n) is 4.73. The Morgan fingerprint density at radius 3 is 2.61 bits per heavy atom. The summed E-state index contributed by atoms with van der Waals surface area (Å²) in [5, 5.41) is 8.97. The molecule has 0 aromatic rings. The lowest BCUT2D eigenvalue weighted by molar-refractivity contribution is -0.140. The highest BCUT2D eigenvalue weighted by Crippen LogP contribution is 2.17. The molecule has 18 heavy (non-hydrogen) atoms. The summed E-state index contributed by atoms with van der Waals surface area (Å²) in [6, 6.07) is -0.328. The van der Waals surface area contributed by atoms with Crippen molar-refractivity contribution in [3.63, 3.8) is 0 Å². The maximum Gasteiger partial charge on any atom is 0.248 e. The van der Waals surface area contributed by atoms with E-state index in [9.17, 15) is 13.2 Å². The Labute approximate surface area is 108 Å². The normalized spacial score (nSPS) is 22.3. The number of rotatable bonds is 6. The zero-order valence-electron chi connectivity index (χ0n) is 10.8. The lowest BCUT2D eigenvalue weighted by Gasteiger charge is -2.27. The van der Waals surface area contributed by atoms with E-state index in [1.807, 2.05) is 13.8 Å². The Balaban J connectivity index is 2.62. The van der Waals surface area contributed by atoms with Crippen molar-refractivity contribution in [2.75, 3.05) is 31.3 Å². The van der Waals surface area contributed by atoms with Gasteiger partial charge in [0.2, 0.25) is 5.91 Å². The van der Waals surface area contributed by atoms with Crippen LogP contribution in [0, 0.1) is 0 Å². The summed E-state index contributed by atoms with van der Waals surface area (Å²) in [5.41, 5.74) is 0. The van der Waals surface area contributed by atoms with Crippen LogP contribution in [0.3, 0.4) is 0 Å². The minimum absolute atomic E-state index is 0.0135. The summed E-state index contributed by atoms with van der Waals surface area (Å²) in [6.45, 7) is 3.55. The molecule has 7 heteroatoms. The molecule has 1 aliphatic rings. The van der Waals surface area contributed by atoms with E-state index in [2.05, 4.69) is 0 Å². The van der Waals surface area contributed by atoms with Crippen molar-refractivity contribution in [2.45, 2.75) is 32.4 Å². The lowest BCUT2D eigenvalue weighted by atomic mass is 10.2. The van der Waals surface area contributed by atoms with E-state index < -0.39 is 9.84 Å². The predicted molar refractivity (Wildman–Crippen MR) is 66.9 cm³/mol. The number of sulfone groups is 1. The SMILES string of the molecule is CC(C)OCC(=O)N(CCO)C1CCS(=O)(=O)C1. The second kappa shape index (κ2) is 6.49. The van der Waals surface area contributed by atoms with Crippen molar-refractivity contribution in [1.29, 1.82) is 0 Å². The van der Waals surface area contributed by atoms with Gasteiger partial charge in [-0.1, -0.05) is 0 Å². The van der Waals surface area contributed by atoms with Crippen LogP contribution in [0.15, 0.2) is 0 Å². The molecule has 0 aromatic heterocycles. The first-order valence-electron chi connectivity index (χ1n) is 6.08. The number of amides is 1. The third kappa shape index (κ3) is 4.55. The molecule has 0 radical (unpaired) electrons. The van der Waals surface area contributed by atoms with E-state index in [0.717, 1.165) is 0 Å². The standard InChI is InChI=1S/C11H21NO5S/c1-9(2)17-7-11(14)12(4-5-13)10-3-6-18(15,16)8-10/h9-10,13H,3-8H2,1-2H3. The molecule has 1 amide bonds. The molecule has 1 saturated heterocycles. The Morgan fingerprint density at radius 2 is 2.17 bits per heavy atom. The van der Waals surface area contributed by atoms with Crippen LogP contribution in [-0.4, -0.2) is 67.7 Å². The van der Waals surface area contributed by atoms with Gasteiger partial charge in [0, 0.05) is 12.6 Å². The molecule has 0 bridgehead atoms. The van der Waals surface area contributed by atoms with E-state index in [1.165, 1.54) is 4.90 Å². The van der Waals surface area contributed by atoms with Crippen LogP contribution in [0.4, 0.5) is 0 Å². The maximum atomic E-state index is 11.9. The molecule has 1 heterocycles. The minimum atomic E-state index is -3.04. The minimum Gasteiger partial charge on any atom is -0.395 e. The molecule has 106 valence electrons. The maximum absolute atomic E-state index is 11.9. The third-order valence-electron chi connectivity index (χ3n) is 2.85. The van der Waals surface area contributed by atoms with Gasteiger partial charge in [0.1, 0.15) is 6.61 Å². The smallest absolute Gasteiger partial charge is 0.248 e. The topological polar surface area (TPSA) is 83.9 Å². The summed E-state index contributed by atoms with van der Waals surface area (Å²) < 4.78 is 28.0. The Hall–Kier alpha value is -0.660. The van der Waals surface area contributed by atoms with Gasteiger partial charge in [0.05, 0.1) is 24.2 Å². The molecule has 0 saturated carbocycles. The van der Waals surface area contributed by atoms with Gasteiger partial charge in [0.25, 0.3) is 0 Å². The fraction of sp³-hybridized carbons (Fsp3) is 0.909. The molecule has 1 atom stereocenters. The monoisotopic (exact) mass is 279 g/mol. The molecule has 1 aliphatic heterocycles. The number of ether oxygens (including phenoxy) is 1. The summed E-state index contributed by atoms with van der Waals surface area (Å²) in [6.07, 6.45) is 0.382. The van der Waals surface area contributed by atoms with E-state index in [4.69, 9.17) is 9.84 Å². The van der Waals surface area contributed by atoms with Crippen LogP contribution in [0.1, 0.15) is 20.3 Å². The van der Waals surface area contributed by atoms with Crippen molar-refractivity contribution < 1.29 is 23.1 Å². The first-order chi connectivity index (χ1) is 8.35. The predicted octanol–water partition coefficient (Wildman–Crippen LogP) is -0.581. The fourth-order valence-corrected chi connectivity index (χ4v) is 3.69. The van der Waals surface area contributed by atoms with Gasteiger partial charge in [-0.15, -0.1) is 0 Å². The van der Waals surface area contributed by atoms with E-state index in [0.29, 0.717) is 6.42 Å². The van der Waals surface area contributed by atoms with Crippen LogP contribution in [0.5, 0.6) is 0 Å². The summed E-state index contributed by atoms with van der Waals surface area (Å²) in [7, 11) is -3.04. The first-order valence-corrected chi connectivity index (χ1v) is 7.90. The van der Waals surface area contributed by atoms with Crippen LogP contribution in [0.25, 0.3) is 0 Å². The molecule has 1 N–H and O–H groups in total. The van der Waals surface area contributed by atoms with Crippen LogP contribution >= 0.6 is 0 Å². The van der Waals surface area contributed by atoms with Gasteiger partial charge >= 0.3 is 0 Å². The highest BCUT2D eigenvalue weighted by molar-refractivity contribution is 7.91. The molecule has 1 rings (SSSR count). The number of hydrogen-bond acceptors (Lipinski definition) is 5. The summed E-state index contributed by atoms with van der Waals surface area (Å²) in [4.78, 5) is 13.4. The molecule has 1 fully saturated rings. The fourth-order valence-electron chi connectivity index (χ4n) is 1.96. The highest BCUT2D eigenvalue weighted by atomic mass is 32.2. The van der Waals surface area contributed by atoms with Crippen LogP contribution < -0.4 is 0 Å². The lowest BCUT2D eigenvalue weighted by Crippen LogP contribution is -2.44. The Bertz CT molecular complexity index is 379. The molecular formula is C11H21NO5S. The number of nitrogens with zero attached hydrogens (tertiary/aromatic N) is 1. The molecule has 6 nitrogen and oxygen atoms in total. The van der Waals surface area contributed by atoms with E-state index in [-0.39, 0.29) is 49.3 Å². The number of aliphatic hydroxyl groups excluding tert-OH is 1. The molecule has 0 aromatic carbocycles. The first kappa shape index (κ1) is 15.4. The van der Waals surface area contributed by atoms with Crippen molar-refractivity contribution >= 4 is 15.7 Å². The van der Waals surface area contributed by atoms with Gasteiger partial charge in [-0.25, -0.2) is 8.42 Å². The van der Waals surface area contributed by atoms with Crippen LogP contribution in [-0.2, 0) is 19.4 Å². The van der Waals surface area contributed by atoms with Crippen molar-refractivity contribution in [2.24, 2.45) is 0 Å².